The Morgan fingerprint density at radius 1 is 0.778 bits per heavy atom. The van der Waals surface area contributed by atoms with Crippen molar-refractivity contribution in [1.82, 2.24) is 0 Å². The van der Waals surface area contributed by atoms with E-state index in [-0.39, 0.29) is 19.6 Å². The molecular weight excluding hydrogens is 348 g/mol. The molecule has 134 valence electrons. The Balaban J connectivity index is 1.73. The maximum Gasteiger partial charge on any atom is 0.338 e. The van der Waals surface area contributed by atoms with Gasteiger partial charge in [-0.3, -0.25) is 0 Å². The van der Waals surface area contributed by atoms with E-state index in [4.69, 9.17) is 23.7 Å². The second-order valence-corrected chi connectivity index (χ2v) is 6.63. The molecule has 0 spiro atoms. The maximum atomic E-state index is 12.4. The molecule has 0 aliphatic carbocycles. The molecule has 3 aromatic carbocycles. The van der Waals surface area contributed by atoms with Gasteiger partial charge in [-0.1, -0.05) is 12.1 Å². The number of ether oxygens (including phenoxy) is 5. The van der Waals surface area contributed by atoms with Crippen molar-refractivity contribution >= 4 is 16.7 Å². The third-order valence-electron chi connectivity index (χ3n) is 5.21. The van der Waals surface area contributed by atoms with Gasteiger partial charge in [-0.15, -0.1) is 0 Å². The molecule has 6 rings (SSSR count). The van der Waals surface area contributed by atoms with Crippen LogP contribution in [0, 0.1) is 0 Å². The number of carbonyl (C=O) groups excluding carboxylic acids is 1. The smallest absolute Gasteiger partial charge is 0.338 e. The Hall–Kier alpha value is -3.41. The predicted molar refractivity (Wildman–Crippen MR) is 95.6 cm³/mol. The van der Waals surface area contributed by atoms with Crippen LogP contribution >= 0.6 is 0 Å². The summed E-state index contributed by atoms with van der Waals surface area (Å²) in [7, 11) is 0. The first kappa shape index (κ1) is 14.7. The van der Waals surface area contributed by atoms with Crippen molar-refractivity contribution in [3.63, 3.8) is 0 Å². The van der Waals surface area contributed by atoms with Gasteiger partial charge in [0.05, 0.1) is 12.2 Å². The van der Waals surface area contributed by atoms with Crippen LogP contribution in [-0.4, -0.2) is 26.2 Å². The van der Waals surface area contributed by atoms with Crippen LogP contribution in [0.3, 0.4) is 0 Å². The lowest BCUT2D eigenvalue weighted by atomic mass is 9.86. The fourth-order valence-corrected chi connectivity index (χ4v) is 4.03. The number of rotatable bonds is 1. The van der Waals surface area contributed by atoms with Crippen molar-refractivity contribution in [2.45, 2.75) is 6.42 Å². The monoisotopic (exact) mass is 362 g/mol. The highest BCUT2D eigenvalue weighted by Crippen LogP contribution is 2.48. The molecule has 6 nitrogen and oxygen atoms in total. The van der Waals surface area contributed by atoms with Crippen molar-refractivity contribution in [1.29, 1.82) is 0 Å². The van der Waals surface area contributed by atoms with Crippen LogP contribution in [0.15, 0.2) is 36.4 Å². The number of carbonyl (C=O) groups is 1. The van der Waals surface area contributed by atoms with Gasteiger partial charge in [-0.2, -0.15) is 0 Å². The summed E-state index contributed by atoms with van der Waals surface area (Å²) >= 11 is 0. The van der Waals surface area contributed by atoms with Gasteiger partial charge < -0.3 is 23.7 Å². The third-order valence-corrected chi connectivity index (χ3v) is 5.21. The lowest BCUT2D eigenvalue weighted by Crippen LogP contribution is -2.18. The largest absolute Gasteiger partial charge is 0.462 e. The Kier molecular flexibility index (Phi) is 2.89. The highest BCUT2D eigenvalue weighted by Gasteiger charge is 2.29. The molecular formula is C21H14O6. The lowest BCUT2D eigenvalue weighted by Gasteiger charge is -2.22. The predicted octanol–water partition coefficient (Wildman–Crippen LogP) is 3.68. The zero-order chi connectivity index (χ0) is 18.0. The number of hydrogen-bond donors (Lipinski definition) is 0. The van der Waals surface area contributed by atoms with Gasteiger partial charge >= 0.3 is 5.97 Å². The first-order valence-electron chi connectivity index (χ1n) is 8.75. The van der Waals surface area contributed by atoms with Gasteiger partial charge in [0, 0.05) is 11.8 Å². The second-order valence-electron chi connectivity index (χ2n) is 6.63. The molecule has 0 atom stereocenters. The molecule has 0 saturated carbocycles. The summed E-state index contributed by atoms with van der Waals surface area (Å²) in [5.41, 5.74) is 3.46. The van der Waals surface area contributed by atoms with Crippen molar-refractivity contribution in [2.75, 3.05) is 20.2 Å². The van der Waals surface area contributed by atoms with Crippen LogP contribution in [0.2, 0.25) is 0 Å². The van der Waals surface area contributed by atoms with E-state index in [1.54, 1.807) is 0 Å². The number of benzene rings is 3. The Labute approximate surface area is 154 Å². The lowest BCUT2D eigenvalue weighted by molar-refractivity contribution is 0.0481. The molecule has 0 unspecified atom stereocenters. The third kappa shape index (κ3) is 2.04. The molecule has 27 heavy (non-hydrogen) atoms. The highest BCUT2D eigenvalue weighted by atomic mass is 16.7. The van der Waals surface area contributed by atoms with E-state index in [2.05, 4.69) is 0 Å². The minimum Gasteiger partial charge on any atom is -0.462 e. The van der Waals surface area contributed by atoms with E-state index in [1.165, 1.54) is 0 Å². The summed E-state index contributed by atoms with van der Waals surface area (Å²) < 4.78 is 27.6. The van der Waals surface area contributed by atoms with Crippen molar-refractivity contribution < 1.29 is 28.5 Å². The van der Waals surface area contributed by atoms with Gasteiger partial charge in [0.15, 0.2) is 23.0 Å². The van der Waals surface area contributed by atoms with Gasteiger partial charge in [0.1, 0.15) is 0 Å². The van der Waals surface area contributed by atoms with Crippen molar-refractivity contribution in [3.8, 4) is 34.1 Å². The van der Waals surface area contributed by atoms with Gasteiger partial charge in [0.25, 0.3) is 0 Å². The van der Waals surface area contributed by atoms with E-state index in [1.807, 2.05) is 36.4 Å². The summed E-state index contributed by atoms with van der Waals surface area (Å²) in [5, 5.41) is 1.85. The molecule has 0 amide bonds. The summed E-state index contributed by atoms with van der Waals surface area (Å²) in [6.45, 7) is 0.764. The zero-order valence-electron chi connectivity index (χ0n) is 14.2. The molecule has 0 fully saturated rings. The Bertz CT molecular complexity index is 1130. The van der Waals surface area contributed by atoms with Crippen LogP contribution in [-0.2, 0) is 11.2 Å². The number of cyclic esters (lactones) is 1. The summed E-state index contributed by atoms with van der Waals surface area (Å²) in [6.07, 6.45) is 0.644. The van der Waals surface area contributed by atoms with E-state index in [0.717, 1.165) is 33.2 Å². The summed E-state index contributed by atoms with van der Waals surface area (Å²) in [5.74, 6) is 2.54. The van der Waals surface area contributed by atoms with Crippen molar-refractivity contribution in [2.24, 2.45) is 0 Å². The zero-order valence-corrected chi connectivity index (χ0v) is 14.2. The average molecular weight is 362 g/mol. The molecule has 0 radical (unpaired) electrons. The minimum atomic E-state index is -0.294. The quantitative estimate of drug-likeness (QED) is 0.616. The average Bonchev–Trinajstić information content (AvgIpc) is 3.35. The molecule has 3 aromatic rings. The van der Waals surface area contributed by atoms with Crippen LogP contribution in [0.1, 0.15) is 15.9 Å². The van der Waals surface area contributed by atoms with E-state index in [0.29, 0.717) is 35.8 Å². The maximum absolute atomic E-state index is 12.4. The van der Waals surface area contributed by atoms with Crippen LogP contribution in [0.25, 0.3) is 21.9 Å². The van der Waals surface area contributed by atoms with E-state index in [9.17, 15) is 4.79 Å². The van der Waals surface area contributed by atoms with Gasteiger partial charge in [0.2, 0.25) is 13.6 Å². The van der Waals surface area contributed by atoms with Gasteiger partial charge in [-0.25, -0.2) is 4.79 Å². The van der Waals surface area contributed by atoms with Crippen LogP contribution in [0.5, 0.6) is 23.0 Å². The fraction of sp³-hybridized carbons (Fsp3) is 0.190. The topological polar surface area (TPSA) is 63.2 Å². The highest BCUT2D eigenvalue weighted by molar-refractivity contribution is 6.09. The SMILES string of the molecule is O=C1OCCc2c1cc1ccc3c(c1c2-c1ccc2c(c1)OCO2)OCO3. The second kappa shape index (κ2) is 5.30. The minimum absolute atomic E-state index is 0.189. The number of fused-ring (bicyclic) bond motifs is 5. The summed E-state index contributed by atoms with van der Waals surface area (Å²) in [4.78, 5) is 12.4. The molecule has 3 aliphatic heterocycles. The van der Waals surface area contributed by atoms with E-state index < -0.39 is 0 Å². The molecule has 0 bridgehead atoms. The van der Waals surface area contributed by atoms with E-state index >= 15 is 0 Å². The first-order valence-corrected chi connectivity index (χ1v) is 8.75. The Morgan fingerprint density at radius 3 is 2.56 bits per heavy atom. The Morgan fingerprint density at radius 2 is 1.59 bits per heavy atom. The first-order chi connectivity index (χ1) is 13.3. The molecule has 3 heterocycles. The van der Waals surface area contributed by atoms with Crippen LogP contribution in [0.4, 0.5) is 0 Å². The molecule has 0 saturated heterocycles. The molecule has 3 aliphatic rings. The molecule has 0 N–H and O–H groups in total. The summed E-state index contributed by atoms with van der Waals surface area (Å²) in [6, 6.07) is 11.5. The normalized spacial score (nSPS) is 16.4. The molecule has 6 heteroatoms. The van der Waals surface area contributed by atoms with Crippen molar-refractivity contribution in [3.05, 3.63) is 47.5 Å². The number of esters is 1. The molecule has 0 aromatic heterocycles. The van der Waals surface area contributed by atoms with Crippen LogP contribution < -0.4 is 18.9 Å². The van der Waals surface area contributed by atoms with Gasteiger partial charge in [-0.05, 0) is 46.3 Å². The number of hydrogen-bond acceptors (Lipinski definition) is 6. The fourth-order valence-electron chi connectivity index (χ4n) is 4.03. The standard InChI is InChI=1S/C21H14O6/c22-21-14-7-11-2-4-16-20(27-10-25-16)19(11)18(13(14)5-6-23-21)12-1-3-15-17(8-12)26-9-24-15/h1-4,7-8H,5-6,9-10H2.